The molecule has 1 saturated carbocycles. The Balaban J connectivity index is 1.38. The molecule has 1 aromatic carbocycles. The number of fused-ring (bicyclic) bond motifs is 1. The van der Waals surface area contributed by atoms with E-state index in [1.165, 1.54) is 6.42 Å². The first-order valence-electron chi connectivity index (χ1n) is 9.32. The fraction of sp³-hybridized carbons (Fsp3) is 0.381. The molecule has 2 heterocycles. The summed E-state index contributed by atoms with van der Waals surface area (Å²) in [6.45, 7) is 2.51. The number of nitrogens with zero attached hydrogens (tertiary/aromatic N) is 3. The molecule has 1 aliphatic carbocycles. The maximum atomic E-state index is 12.5. The van der Waals surface area contributed by atoms with Crippen LogP contribution in [-0.4, -0.2) is 52.8 Å². The average Bonchev–Trinajstić information content (AvgIpc) is 2.64. The molecule has 1 saturated heterocycles. The van der Waals surface area contributed by atoms with Crippen LogP contribution in [0.15, 0.2) is 42.6 Å². The summed E-state index contributed by atoms with van der Waals surface area (Å²) in [6, 6.07) is 9.82. The summed E-state index contributed by atoms with van der Waals surface area (Å²) in [7, 11) is 0. The first-order valence-corrected chi connectivity index (χ1v) is 9.32. The minimum atomic E-state index is 0.00152. The van der Waals surface area contributed by atoms with Gasteiger partial charge in [0, 0.05) is 49.8 Å². The summed E-state index contributed by atoms with van der Waals surface area (Å²) in [5.74, 6) is 0.515. The van der Waals surface area contributed by atoms with Gasteiger partial charge in [-0.3, -0.25) is 14.6 Å². The zero-order valence-corrected chi connectivity index (χ0v) is 14.8. The molecule has 0 unspecified atom stereocenters. The van der Waals surface area contributed by atoms with Crippen molar-refractivity contribution in [2.45, 2.75) is 19.3 Å². The zero-order valence-electron chi connectivity index (χ0n) is 14.8. The van der Waals surface area contributed by atoms with Crippen molar-refractivity contribution in [2.75, 3.05) is 26.2 Å². The van der Waals surface area contributed by atoms with Crippen molar-refractivity contribution in [2.24, 2.45) is 5.92 Å². The average molecular weight is 349 g/mol. The molecule has 2 aromatic rings. The second kappa shape index (κ2) is 7.28. The summed E-state index contributed by atoms with van der Waals surface area (Å²) in [4.78, 5) is 32.9. The van der Waals surface area contributed by atoms with Gasteiger partial charge in [0.25, 0.3) is 0 Å². The number of aromatic nitrogens is 1. The minimum Gasteiger partial charge on any atom is -0.339 e. The number of pyridine rings is 1. The van der Waals surface area contributed by atoms with E-state index >= 15 is 0 Å². The number of hydrogen-bond donors (Lipinski definition) is 0. The second-order valence-electron chi connectivity index (χ2n) is 7.03. The molecule has 0 bridgehead atoms. The number of rotatable bonds is 3. The monoisotopic (exact) mass is 349 g/mol. The van der Waals surface area contributed by atoms with E-state index in [9.17, 15) is 9.59 Å². The molecule has 5 heteroatoms. The van der Waals surface area contributed by atoms with Gasteiger partial charge in [-0.2, -0.15) is 0 Å². The Hall–Kier alpha value is -2.69. The van der Waals surface area contributed by atoms with Crippen LogP contribution in [0.1, 0.15) is 24.8 Å². The largest absolute Gasteiger partial charge is 0.339 e. The van der Waals surface area contributed by atoms with Gasteiger partial charge < -0.3 is 9.80 Å². The highest BCUT2D eigenvalue weighted by Gasteiger charge is 2.31. The third kappa shape index (κ3) is 3.34. The normalized spacial score (nSPS) is 18.3. The summed E-state index contributed by atoms with van der Waals surface area (Å²) in [6.07, 6.45) is 8.48. The molecule has 26 heavy (non-hydrogen) atoms. The molecule has 1 aliphatic heterocycles. The molecule has 2 fully saturated rings. The predicted octanol–water partition coefficient (Wildman–Crippen LogP) is 2.72. The molecular formula is C21H23N3O2. The van der Waals surface area contributed by atoms with Gasteiger partial charge in [-0.25, -0.2) is 0 Å². The number of para-hydroxylation sites is 1. The molecule has 4 rings (SSSR count). The Morgan fingerprint density at radius 2 is 1.73 bits per heavy atom. The van der Waals surface area contributed by atoms with Crippen LogP contribution in [0, 0.1) is 5.92 Å². The Morgan fingerprint density at radius 3 is 2.46 bits per heavy atom. The molecule has 1 aromatic heterocycles. The lowest BCUT2D eigenvalue weighted by atomic mass is 9.84. The zero-order chi connectivity index (χ0) is 17.9. The Labute approximate surface area is 153 Å². The Kier molecular flexibility index (Phi) is 4.69. The van der Waals surface area contributed by atoms with Crippen LogP contribution >= 0.6 is 0 Å². The quantitative estimate of drug-likeness (QED) is 0.801. The van der Waals surface area contributed by atoms with Gasteiger partial charge >= 0.3 is 0 Å². The number of carbonyl (C=O) groups is 2. The highest BCUT2D eigenvalue weighted by molar-refractivity contribution is 5.95. The molecule has 0 N–H and O–H groups in total. The van der Waals surface area contributed by atoms with E-state index in [-0.39, 0.29) is 17.7 Å². The molecule has 0 radical (unpaired) electrons. The highest BCUT2D eigenvalue weighted by Crippen LogP contribution is 2.28. The predicted molar refractivity (Wildman–Crippen MR) is 101 cm³/mol. The Morgan fingerprint density at radius 1 is 1.00 bits per heavy atom. The molecule has 5 nitrogen and oxygen atoms in total. The summed E-state index contributed by atoms with van der Waals surface area (Å²) in [5.41, 5.74) is 1.91. The van der Waals surface area contributed by atoms with Gasteiger partial charge in [0.05, 0.1) is 5.52 Å². The smallest absolute Gasteiger partial charge is 0.246 e. The van der Waals surface area contributed by atoms with Crippen molar-refractivity contribution < 1.29 is 9.59 Å². The van der Waals surface area contributed by atoms with Crippen LogP contribution in [0.25, 0.3) is 17.0 Å². The molecule has 2 amide bonds. The van der Waals surface area contributed by atoms with Crippen molar-refractivity contribution in [1.29, 1.82) is 0 Å². The van der Waals surface area contributed by atoms with Gasteiger partial charge in [-0.15, -0.1) is 0 Å². The van der Waals surface area contributed by atoms with Crippen molar-refractivity contribution >= 4 is 28.8 Å². The summed E-state index contributed by atoms with van der Waals surface area (Å²) in [5, 5.41) is 1.04. The molecule has 134 valence electrons. The third-order valence-electron chi connectivity index (χ3n) is 5.45. The van der Waals surface area contributed by atoms with E-state index < -0.39 is 0 Å². The lowest BCUT2D eigenvalue weighted by Gasteiger charge is -2.37. The minimum absolute atomic E-state index is 0.00152. The molecular weight excluding hydrogens is 326 g/mol. The van der Waals surface area contributed by atoms with Crippen molar-refractivity contribution in [3.8, 4) is 0 Å². The van der Waals surface area contributed by atoms with E-state index in [0.717, 1.165) is 29.3 Å². The maximum absolute atomic E-state index is 12.5. The Bertz CT molecular complexity index is 844. The van der Waals surface area contributed by atoms with Crippen molar-refractivity contribution in [3.05, 3.63) is 48.2 Å². The van der Waals surface area contributed by atoms with Crippen LogP contribution in [0.4, 0.5) is 0 Å². The lowest BCUT2D eigenvalue weighted by Crippen LogP contribution is -2.52. The summed E-state index contributed by atoms with van der Waals surface area (Å²) >= 11 is 0. The van der Waals surface area contributed by atoms with E-state index in [0.29, 0.717) is 26.2 Å². The number of hydrogen-bond acceptors (Lipinski definition) is 3. The van der Waals surface area contributed by atoms with Crippen molar-refractivity contribution in [1.82, 2.24) is 14.8 Å². The van der Waals surface area contributed by atoms with Gasteiger partial charge in [0.1, 0.15) is 0 Å². The number of carbonyl (C=O) groups excluding carboxylic acids is 2. The van der Waals surface area contributed by atoms with E-state index in [2.05, 4.69) is 4.98 Å². The molecule has 0 spiro atoms. The van der Waals surface area contributed by atoms with Crippen LogP contribution < -0.4 is 0 Å². The van der Waals surface area contributed by atoms with E-state index in [4.69, 9.17) is 0 Å². The van der Waals surface area contributed by atoms with Crippen LogP contribution in [0.5, 0.6) is 0 Å². The fourth-order valence-electron chi connectivity index (χ4n) is 3.59. The van der Waals surface area contributed by atoms with Crippen LogP contribution in [0.3, 0.4) is 0 Å². The van der Waals surface area contributed by atoms with Gasteiger partial charge in [0.2, 0.25) is 11.8 Å². The molecule has 2 aliphatic rings. The first-order chi connectivity index (χ1) is 12.7. The number of piperazine rings is 1. The van der Waals surface area contributed by atoms with Crippen molar-refractivity contribution in [3.63, 3.8) is 0 Å². The van der Waals surface area contributed by atoms with Gasteiger partial charge in [-0.05, 0) is 36.6 Å². The topological polar surface area (TPSA) is 53.5 Å². The number of benzene rings is 1. The summed E-state index contributed by atoms with van der Waals surface area (Å²) < 4.78 is 0. The van der Waals surface area contributed by atoms with Crippen LogP contribution in [0.2, 0.25) is 0 Å². The maximum Gasteiger partial charge on any atom is 0.246 e. The molecule has 0 atom stereocenters. The van der Waals surface area contributed by atoms with Crippen LogP contribution in [-0.2, 0) is 9.59 Å². The second-order valence-corrected chi connectivity index (χ2v) is 7.03. The highest BCUT2D eigenvalue weighted by atomic mass is 16.2. The lowest BCUT2D eigenvalue weighted by molar-refractivity contribution is -0.142. The third-order valence-corrected chi connectivity index (χ3v) is 5.45. The SMILES string of the molecule is O=C(/C=C\c1ccnc2ccccc12)N1CCN(C(=O)C2CCC2)CC1. The number of amides is 2. The van der Waals surface area contributed by atoms with E-state index in [1.54, 1.807) is 12.3 Å². The van der Waals surface area contributed by atoms with Gasteiger partial charge in [0.15, 0.2) is 0 Å². The van der Waals surface area contributed by atoms with E-state index in [1.807, 2.05) is 46.2 Å². The van der Waals surface area contributed by atoms with Gasteiger partial charge in [-0.1, -0.05) is 24.6 Å². The first kappa shape index (κ1) is 16.8. The standard InChI is InChI=1S/C21H23N3O2/c25-20(9-8-16-10-11-22-19-7-2-1-6-18(16)19)23-12-14-24(15-13-23)21(26)17-4-3-5-17/h1-2,6-11,17H,3-5,12-15H2/b9-8-. The fourth-order valence-corrected chi connectivity index (χ4v) is 3.59.